The van der Waals surface area contributed by atoms with Gasteiger partial charge < -0.3 is 0 Å². The van der Waals surface area contributed by atoms with Crippen LogP contribution in [-0.2, 0) is 0 Å². The van der Waals surface area contributed by atoms with Crippen molar-refractivity contribution in [3.05, 3.63) is 87.7 Å². The van der Waals surface area contributed by atoms with Crippen molar-refractivity contribution in [3.63, 3.8) is 0 Å². The highest BCUT2D eigenvalue weighted by Gasteiger charge is 2.25. The molecule has 0 bridgehead atoms. The highest BCUT2D eigenvalue weighted by atomic mass is 32.1. The second-order valence-corrected chi connectivity index (χ2v) is 8.20. The van der Waals surface area contributed by atoms with Crippen molar-refractivity contribution in [3.8, 4) is 21.6 Å². The number of thiophene rings is 1. The minimum atomic E-state index is -0.632. The third-order valence-corrected chi connectivity index (χ3v) is 6.14. The van der Waals surface area contributed by atoms with Crippen LogP contribution in [0.25, 0.3) is 43.1 Å². The topological polar surface area (TPSA) is 68.3 Å². The van der Waals surface area contributed by atoms with E-state index in [9.17, 15) is 19.2 Å². The second kappa shape index (κ2) is 5.18. The molecule has 0 fully saturated rings. The van der Waals surface area contributed by atoms with Crippen LogP contribution in [-0.4, -0.2) is 0 Å². The van der Waals surface area contributed by atoms with Crippen LogP contribution < -0.4 is 21.7 Å². The van der Waals surface area contributed by atoms with Gasteiger partial charge in [-0.2, -0.15) is 0 Å². The van der Waals surface area contributed by atoms with Crippen LogP contribution in [0.15, 0.2) is 55.6 Å². The summed E-state index contributed by atoms with van der Waals surface area (Å²) in [6.45, 7) is 3.70. The van der Waals surface area contributed by atoms with Gasteiger partial charge in [0.1, 0.15) is 0 Å². The van der Waals surface area contributed by atoms with Crippen LogP contribution in [0.4, 0.5) is 0 Å². The van der Waals surface area contributed by atoms with Gasteiger partial charge >= 0.3 is 0 Å². The molecule has 1 heterocycles. The highest BCUT2D eigenvalue weighted by Crippen LogP contribution is 2.38. The Hall–Kier alpha value is -3.18. The molecular weight excluding hydrogens is 360 g/mol. The van der Waals surface area contributed by atoms with E-state index in [1.165, 1.54) is 11.3 Å². The fourth-order valence-corrected chi connectivity index (χ4v) is 4.76. The predicted molar refractivity (Wildman–Crippen MR) is 110 cm³/mol. The normalized spacial score (nSPS) is 11.9. The lowest BCUT2D eigenvalue weighted by atomic mass is 9.85. The fraction of sp³-hybridized carbons (Fsp3) is 0.0909. The van der Waals surface area contributed by atoms with Gasteiger partial charge in [-0.1, -0.05) is 0 Å². The van der Waals surface area contributed by atoms with Gasteiger partial charge in [0.25, 0.3) is 0 Å². The van der Waals surface area contributed by atoms with Gasteiger partial charge in [-0.3, -0.25) is 19.2 Å². The minimum absolute atomic E-state index is 0.206. The molecule has 0 saturated carbocycles. The molecule has 0 radical (unpaired) electrons. The Bertz CT molecular complexity index is 1470. The molecule has 2 aromatic carbocycles. The standard InChI is InChI=1S/C22H12O4S/c1-9-5-12-17-13(6-9)20(24)22(26)15-8-11(16-4-3-10(2)27-16)7-14(18(15)17)21(25)19(12)23/h3-8H,1-2H3. The second-order valence-electron chi connectivity index (χ2n) is 6.91. The molecule has 5 rings (SSSR count). The summed E-state index contributed by atoms with van der Waals surface area (Å²) in [5, 5.41) is 0.836. The quantitative estimate of drug-likeness (QED) is 0.335. The SMILES string of the molecule is Cc1cc2c3c(c1)c(=O)c(=O)c1cc(-c4ccc(C)s4)cc(c1-3)c(=O)c2=O. The van der Waals surface area contributed by atoms with Crippen molar-refractivity contribution in [2.75, 3.05) is 0 Å². The van der Waals surface area contributed by atoms with E-state index in [0.29, 0.717) is 22.3 Å². The van der Waals surface area contributed by atoms with Crippen molar-refractivity contribution < 1.29 is 0 Å². The lowest BCUT2D eigenvalue weighted by Gasteiger charge is -2.16. The molecule has 3 aromatic rings. The zero-order valence-electron chi connectivity index (χ0n) is 14.5. The molecule has 1 aromatic heterocycles. The summed E-state index contributed by atoms with van der Waals surface area (Å²) in [5.41, 5.74) is -0.336. The molecule has 0 aliphatic heterocycles. The number of benzene rings is 4. The van der Waals surface area contributed by atoms with Crippen molar-refractivity contribution in [1.82, 2.24) is 0 Å². The smallest absolute Gasteiger partial charge is 0.234 e. The average Bonchev–Trinajstić information content (AvgIpc) is 3.09. The lowest BCUT2D eigenvalue weighted by Crippen LogP contribution is -2.31. The molecule has 5 heteroatoms. The summed E-state index contributed by atoms with van der Waals surface area (Å²) in [6.07, 6.45) is 0. The van der Waals surface area contributed by atoms with Gasteiger partial charge in [-0.15, -0.1) is 11.3 Å². The number of aryl methyl sites for hydroxylation is 2. The zero-order chi connectivity index (χ0) is 19.0. The molecule has 0 atom stereocenters. The van der Waals surface area contributed by atoms with Crippen molar-refractivity contribution in [2.45, 2.75) is 13.8 Å². The third-order valence-electron chi connectivity index (χ3n) is 5.09. The van der Waals surface area contributed by atoms with Crippen LogP contribution in [0, 0.1) is 13.8 Å². The van der Waals surface area contributed by atoms with E-state index >= 15 is 0 Å². The summed E-state index contributed by atoms with van der Waals surface area (Å²) < 4.78 is 0. The third kappa shape index (κ3) is 2.03. The summed E-state index contributed by atoms with van der Waals surface area (Å²) in [6, 6.07) is 10.4. The summed E-state index contributed by atoms with van der Waals surface area (Å²) >= 11 is 1.53. The Morgan fingerprint density at radius 2 is 1.07 bits per heavy atom. The van der Waals surface area contributed by atoms with Crippen LogP contribution in [0.3, 0.4) is 0 Å². The van der Waals surface area contributed by atoms with Gasteiger partial charge in [0.05, 0.1) is 0 Å². The van der Waals surface area contributed by atoms with E-state index in [0.717, 1.165) is 9.75 Å². The molecular formula is C22H12O4S. The van der Waals surface area contributed by atoms with E-state index in [1.807, 2.05) is 19.1 Å². The number of hydrogen-bond donors (Lipinski definition) is 0. The maximum atomic E-state index is 12.8. The van der Waals surface area contributed by atoms with Crippen LogP contribution >= 0.6 is 11.3 Å². The van der Waals surface area contributed by atoms with Gasteiger partial charge in [0, 0.05) is 42.4 Å². The average molecular weight is 372 g/mol. The molecule has 0 unspecified atom stereocenters. The van der Waals surface area contributed by atoms with Gasteiger partial charge in [0.2, 0.25) is 21.7 Å². The van der Waals surface area contributed by atoms with Crippen LogP contribution in [0.2, 0.25) is 0 Å². The van der Waals surface area contributed by atoms with Crippen LogP contribution in [0.1, 0.15) is 10.4 Å². The van der Waals surface area contributed by atoms with Crippen LogP contribution in [0.5, 0.6) is 0 Å². The number of rotatable bonds is 1. The first kappa shape index (κ1) is 16.0. The molecule has 0 saturated heterocycles. The molecule has 130 valence electrons. The van der Waals surface area contributed by atoms with Gasteiger partial charge in [-0.05, 0) is 61.4 Å². The molecule has 0 spiro atoms. The van der Waals surface area contributed by atoms with Crippen molar-refractivity contribution in [1.29, 1.82) is 0 Å². The Morgan fingerprint density at radius 1 is 0.630 bits per heavy atom. The van der Waals surface area contributed by atoms with E-state index < -0.39 is 21.7 Å². The maximum absolute atomic E-state index is 12.8. The molecule has 2 aliphatic carbocycles. The first-order valence-electron chi connectivity index (χ1n) is 8.44. The Labute approximate surface area is 156 Å². The van der Waals surface area contributed by atoms with Gasteiger partial charge in [-0.25, -0.2) is 0 Å². The van der Waals surface area contributed by atoms with E-state index in [-0.39, 0.29) is 21.5 Å². The van der Waals surface area contributed by atoms with Crippen molar-refractivity contribution in [2.24, 2.45) is 0 Å². The highest BCUT2D eigenvalue weighted by molar-refractivity contribution is 7.15. The lowest BCUT2D eigenvalue weighted by molar-refractivity contribution is 1.45. The molecule has 27 heavy (non-hydrogen) atoms. The Balaban J connectivity index is 2.13. The molecule has 4 nitrogen and oxygen atoms in total. The molecule has 0 N–H and O–H groups in total. The number of hydrogen-bond acceptors (Lipinski definition) is 5. The Kier molecular flexibility index (Phi) is 3.07. The zero-order valence-corrected chi connectivity index (χ0v) is 15.3. The predicted octanol–water partition coefficient (Wildman–Crippen LogP) is 3.20. The van der Waals surface area contributed by atoms with Crippen molar-refractivity contribution >= 4 is 32.9 Å². The van der Waals surface area contributed by atoms with E-state index in [2.05, 4.69) is 0 Å². The van der Waals surface area contributed by atoms with E-state index in [1.54, 1.807) is 31.2 Å². The monoisotopic (exact) mass is 372 g/mol. The first-order valence-corrected chi connectivity index (χ1v) is 9.26. The largest absolute Gasteiger partial charge is 0.285 e. The fourth-order valence-electron chi connectivity index (χ4n) is 3.90. The first-order chi connectivity index (χ1) is 12.9. The summed E-state index contributed by atoms with van der Waals surface area (Å²) in [7, 11) is 0. The Morgan fingerprint density at radius 3 is 1.48 bits per heavy atom. The maximum Gasteiger partial charge on any atom is 0.234 e. The summed E-state index contributed by atoms with van der Waals surface area (Å²) in [4.78, 5) is 53.0. The minimum Gasteiger partial charge on any atom is -0.285 e. The van der Waals surface area contributed by atoms with E-state index in [4.69, 9.17) is 0 Å². The van der Waals surface area contributed by atoms with Gasteiger partial charge in [0.15, 0.2) is 0 Å². The molecule has 2 aliphatic rings. The molecule has 0 amide bonds. The summed E-state index contributed by atoms with van der Waals surface area (Å²) in [5.74, 6) is 0.